The molecule has 2 unspecified atom stereocenters. The molecule has 2 atom stereocenters. The zero-order chi connectivity index (χ0) is 13.6. The van der Waals surface area contributed by atoms with E-state index in [-0.39, 0.29) is 0 Å². The maximum Gasteiger partial charge on any atom is 0.0702 e. The van der Waals surface area contributed by atoms with Crippen LogP contribution in [0.1, 0.15) is 47.0 Å². The van der Waals surface area contributed by atoms with E-state index in [4.69, 9.17) is 4.74 Å². The zero-order valence-corrected chi connectivity index (χ0v) is 13.0. The van der Waals surface area contributed by atoms with Gasteiger partial charge in [-0.05, 0) is 45.2 Å². The Bertz CT molecular complexity index is 225. The van der Waals surface area contributed by atoms with Crippen molar-refractivity contribution in [1.82, 2.24) is 10.2 Å². The van der Waals surface area contributed by atoms with E-state index >= 15 is 0 Å². The molecule has 0 aromatic carbocycles. The van der Waals surface area contributed by atoms with Crippen LogP contribution < -0.4 is 5.32 Å². The largest absolute Gasteiger partial charge is 0.377 e. The molecule has 0 bridgehead atoms. The van der Waals surface area contributed by atoms with E-state index in [1.807, 2.05) is 0 Å². The Labute approximate surface area is 113 Å². The molecule has 1 aliphatic rings. The highest BCUT2D eigenvalue weighted by Gasteiger charge is 2.28. The van der Waals surface area contributed by atoms with Crippen LogP contribution in [0.3, 0.4) is 0 Å². The summed E-state index contributed by atoms with van der Waals surface area (Å²) in [6.45, 7) is 13.5. The summed E-state index contributed by atoms with van der Waals surface area (Å²) >= 11 is 0. The van der Waals surface area contributed by atoms with Gasteiger partial charge in [-0.3, -0.25) is 0 Å². The van der Waals surface area contributed by atoms with Gasteiger partial charge in [0.1, 0.15) is 0 Å². The summed E-state index contributed by atoms with van der Waals surface area (Å²) in [5, 5.41) is 3.61. The molecule has 1 fully saturated rings. The average Bonchev–Trinajstić information content (AvgIpc) is 2.77. The molecule has 1 saturated heterocycles. The summed E-state index contributed by atoms with van der Waals surface area (Å²) in [5.74, 6) is 0. The van der Waals surface area contributed by atoms with Gasteiger partial charge in [0.05, 0.1) is 6.10 Å². The molecule has 1 aliphatic heterocycles. The first kappa shape index (κ1) is 15.9. The van der Waals surface area contributed by atoms with Gasteiger partial charge < -0.3 is 15.0 Å². The summed E-state index contributed by atoms with van der Waals surface area (Å²) in [5.41, 5.74) is 0.294. The molecular weight excluding hydrogens is 224 g/mol. The minimum atomic E-state index is 0.294. The van der Waals surface area contributed by atoms with E-state index in [1.165, 1.54) is 19.3 Å². The summed E-state index contributed by atoms with van der Waals surface area (Å²) in [6.07, 6.45) is 4.13. The lowest BCUT2D eigenvalue weighted by Crippen LogP contribution is -2.47. The average molecular weight is 256 g/mol. The van der Waals surface area contributed by atoms with Gasteiger partial charge in [-0.15, -0.1) is 0 Å². The van der Waals surface area contributed by atoms with Crippen LogP contribution in [0.25, 0.3) is 0 Å². The van der Waals surface area contributed by atoms with Crippen LogP contribution in [0.15, 0.2) is 0 Å². The molecule has 18 heavy (non-hydrogen) atoms. The lowest BCUT2D eigenvalue weighted by Gasteiger charge is -2.37. The van der Waals surface area contributed by atoms with Gasteiger partial charge in [-0.2, -0.15) is 0 Å². The number of ether oxygens (including phenoxy) is 1. The Morgan fingerprint density at radius 2 is 2.17 bits per heavy atom. The number of hydrogen-bond donors (Lipinski definition) is 1. The normalized spacial score (nSPS) is 22.7. The third-order valence-corrected chi connectivity index (χ3v) is 4.09. The molecule has 0 aliphatic carbocycles. The van der Waals surface area contributed by atoms with Gasteiger partial charge in [0, 0.05) is 25.7 Å². The summed E-state index contributed by atoms with van der Waals surface area (Å²) < 4.78 is 5.71. The van der Waals surface area contributed by atoms with Gasteiger partial charge >= 0.3 is 0 Å². The molecule has 1 N–H and O–H groups in total. The number of nitrogens with one attached hydrogen (secondary N) is 1. The number of likely N-dealkylation sites (N-methyl/N-ethyl adjacent to an activating group) is 1. The molecule has 1 rings (SSSR count). The Kier molecular flexibility index (Phi) is 6.61. The first-order valence-electron chi connectivity index (χ1n) is 7.49. The molecule has 0 saturated carbocycles. The second-order valence-electron chi connectivity index (χ2n) is 6.50. The number of hydrogen-bond acceptors (Lipinski definition) is 3. The molecule has 1 heterocycles. The molecule has 0 aromatic heterocycles. The van der Waals surface area contributed by atoms with Gasteiger partial charge in [0.25, 0.3) is 0 Å². The first-order chi connectivity index (χ1) is 8.45. The zero-order valence-electron chi connectivity index (χ0n) is 13.0. The van der Waals surface area contributed by atoms with Crippen molar-refractivity contribution >= 4 is 0 Å². The molecule has 0 spiro atoms. The van der Waals surface area contributed by atoms with Crippen molar-refractivity contribution in [2.45, 2.75) is 59.1 Å². The van der Waals surface area contributed by atoms with E-state index < -0.39 is 0 Å². The SMILES string of the molecule is CCCNC(C)C(C)(C)CN(C)CC1CCCO1. The Morgan fingerprint density at radius 3 is 2.72 bits per heavy atom. The van der Waals surface area contributed by atoms with E-state index in [1.54, 1.807) is 0 Å². The third-order valence-electron chi connectivity index (χ3n) is 4.09. The molecule has 0 radical (unpaired) electrons. The van der Waals surface area contributed by atoms with Crippen LogP contribution in [0, 0.1) is 5.41 Å². The molecular formula is C15H32N2O. The van der Waals surface area contributed by atoms with Crippen LogP contribution in [0.4, 0.5) is 0 Å². The van der Waals surface area contributed by atoms with Crippen LogP contribution >= 0.6 is 0 Å². The van der Waals surface area contributed by atoms with Gasteiger partial charge in [-0.25, -0.2) is 0 Å². The molecule has 0 amide bonds. The second-order valence-corrected chi connectivity index (χ2v) is 6.50. The van der Waals surface area contributed by atoms with E-state index in [2.05, 4.69) is 45.0 Å². The Hall–Kier alpha value is -0.120. The maximum atomic E-state index is 5.71. The topological polar surface area (TPSA) is 24.5 Å². The number of nitrogens with zero attached hydrogens (tertiary/aromatic N) is 1. The molecule has 108 valence electrons. The van der Waals surface area contributed by atoms with Crippen LogP contribution in [-0.4, -0.2) is 50.3 Å². The fourth-order valence-corrected chi connectivity index (χ4v) is 2.67. The highest BCUT2D eigenvalue weighted by Crippen LogP contribution is 2.22. The van der Waals surface area contributed by atoms with E-state index in [0.717, 1.165) is 26.2 Å². The summed E-state index contributed by atoms with van der Waals surface area (Å²) in [6, 6.07) is 0.546. The lowest BCUT2D eigenvalue weighted by molar-refractivity contribution is 0.0643. The standard InChI is InChI=1S/C15H32N2O/c1-6-9-16-13(2)15(3,4)12-17(5)11-14-8-7-10-18-14/h13-14,16H,6-12H2,1-5H3. The highest BCUT2D eigenvalue weighted by atomic mass is 16.5. The predicted octanol–water partition coefficient (Wildman–Crippen LogP) is 2.51. The van der Waals surface area contributed by atoms with Crippen LogP contribution in [0.5, 0.6) is 0 Å². The third kappa shape index (κ3) is 5.25. The van der Waals surface area contributed by atoms with Crippen molar-refractivity contribution in [3.05, 3.63) is 0 Å². The van der Waals surface area contributed by atoms with Crippen LogP contribution in [0.2, 0.25) is 0 Å². The fourth-order valence-electron chi connectivity index (χ4n) is 2.67. The van der Waals surface area contributed by atoms with E-state index in [9.17, 15) is 0 Å². The van der Waals surface area contributed by atoms with Crippen molar-refractivity contribution in [3.8, 4) is 0 Å². The van der Waals surface area contributed by atoms with Crippen molar-refractivity contribution in [2.24, 2.45) is 5.41 Å². The van der Waals surface area contributed by atoms with Crippen molar-refractivity contribution in [2.75, 3.05) is 33.3 Å². The maximum absolute atomic E-state index is 5.71. The van der Waals surface area contributed by atoms with Crippen molar-refractivity contribution in [1.29, 1.82) is 0 Å². The minimum Gasteiger partial charge on any atom is -0.377 e. The predicted molar refractivity (Wildman–Crippen MR) is 78.0 cm³/mol. The van der Waals surface area contributed by atoms with Crippen LogP contribution in [-0.2, 0) is 4.74 Å². The van der Waals surface area contributed by atoms with Gasteiger partial charge in [-0.1, -0.05) is 20.8 Å². The van der Waals surface area contributed by atoms with Gasteiger partial charge in [0.15, 0.2) is 0 Å². The number of rotatable bonds is 8. The summed E-state index contributed by atoms with van der Waals surface area (Å²) in [7, 11) is 2.22. The quantitative estimate of drug-likeness (QED) is 0.722. The smallest absolute Gasteiger partial charge is 0.0702 e. The monoisotopic (exact) mass is 256 g/mol. The molecule has 3 heteroatoms. The van der Waals surface area contributed by atoms with E-state index in [0.29, 0.717) is 17.6 Å². The Balaban J connectivity index is 2.32. The molecule has 3 nitrogen and oxygen atoms in total. The summed E-state index contributed by atoms with van der Waals surface area (Å²) in [4.78, 5) is 2.43. The Morgan fingerprint density at radius 1 is 1.44 bits per heavy atom. The first-order valence-corrected chi connectivity index (χ1v) is 7.49. The second kappa shape index (κ2) is 7.46. The minimum absolute atomic E-state index is 0.294. The highest BCUT2D eigenvalue weighted by molar-refractivity contribution is 4.84. The van der Waals surface area contributed by atoms with Crippen molar-refractivity contribution < 1.29 is 4.74 Å². The van der Waals surface area contributed by atoms with Gasteiger partial charge in [0.2, 0.25) is 0 Å². The molecule has 0 aromatic rings. The van der Waals surface area contributed by atoms with Crippen molar-refractivity contribution in [3.63, 3.8) is 0 Å². The lowest BCUT2D eigenvalue weighted by atomic mass is 9.84. The fraction of sp³-hybridized carbons (Fsp3) is 1.00.